The number of halogens is 1. The van der Waals surface area contributed by atoms with E-state index < -0.39 is 15.7 Å². The summed E-state index contributed by atoms with van der Waals surface area (Å²) in [6, 6.07) is 6.19. The van der Waals surface area contributed by atoms with E-state index in [1.54, 1.807) is 12.1 Å². The van der Waals surface area contributed by atoms with Gasteiger partial charge in [0.1, 0.15) is 5.84 Å². The highest BCUT2D eigenvalue weighted by molar-refractivity contribution is 7.91. The lowest BCUT2D eigenvalue weighted by atomic mass is 10.1. The van der Waals surface area contributed by atoms with Gasteiger partial charge in [0.05, 0.1) is 46.0 Å². The van der Waals surface area contributed by atoms with Gasteiger partial charge < -0.3 is 10.5 Å². The van der Waals surface area contributed by atoms with Crippen molar-refractivity contribution in [2.45, 2.75) is 0 Å². The fourth-order valence-electron chi connectivity index (χ4n) is 3.77. The van der Waals surface area contributed by atoms with Gasteiger partial charge in [0, 0.05) is 32.4 Å². The number of rotatable bonds is 6. The van der Waals surface area contributed by atoms with Crippen molar-refractivity contribution in [1.82, 2.24) is 14.8 Å². The molecule has 2 aliphatic rings. The number of aromatic nitrogens is 1. The van der Waals surface area contributed by atoms with Crippen LogP contribution in [0.15, 0.2) is 35.5 Å². The van der Waals surface area contributed by atoms with Crippen LogP contribution in [0.2, 0.25) is 5.02 Å². The number of hydrogen-bond acceptors (Lipinski definition) is 8. The van der Waals surface area contributed by atoms with E-state index in [4.69, 9.17) is 22.1 Å². The number of aliphatic imine (C=N–C) groups is 1. The normalized spacial score (nSPS) is 18.5. The van der Waals surface area contributed by atoms with Gasteiger partial charge in [0.15, 0.2) is 9.84 Å². The standard InChI is InChI=1S/C21H22ClN5O5S/c1-32-19-17(16(22)4-5-24-19)18(23)25-13-2-3-14-15(12-13)21(29)27(20(14)28)7-6-26-8-10-33(30,31)11-9-26/h2-5,12H,6-11H2,1H3,(H2,23,25). The molecule has 0 saturated carbocycles. The summed E-state index contributed by atoms with van der Waals surface area (Å²) in [5, 5.41) is 0.312. The number of benzene rings is 1. The molecule has 2 aromatic rings. The number of pyridine rings is 1. The number of ether oxygens (including phenoxy) is 1. The number of sulfone groups is 1. The minimum absolute atomic E-state index is 0.0542. The maximum Gasteiger partial charge on any atom is 0.261 e. The van der Waals surface area contributed by atoms with E-state index in [0.717, 1.165) is 0 Å². The number of imide groups is 1. The van der Waals surface area contributed by atoms with Gasteiger partial charge >= 0.3 is 0 Å². The molecule has 0 bridgehead atoms. The third kappa shape index (κ3) is 4.70. The zero-order chi connectivity index (χ0) is 23.8. The lowest BCUT2D eigenvalue weighted by Crippen LogP contribution is -2.45. The largest absolute Gasteiger partial charge is 0.480 e. The number of fused-ring (bicyclic) bond motifs is 1. The average Bonchev–Trinajstić information content (AvgIpc) is 3.02. The summed E-state index contributed by atoms with van der Waals surface area (Å²) in [5.41, 5.74) is 7.35. The molecule has 3 heterocycles. The summed E-state index contributed by atoms with van der Waals surface area (Å²) in [6.07, 6.45) is 1.48. The SMILES string of the molecule is COc1nccc(Cl)c1C(N)=Nc1ccc2c(c1)C(=O)N(CCN1CCS(=O)(=O)CC1)C2=O. The van der Waals surface area contributed by atoms with Crippen LogP contribution in [0.25, 0.3) is 0 Å². The molecule has 12 heteroatoms. The van der Waals surface area contributed by atoms with Crippen LogP contribution in [0, 0.1) is 0 Å². The summed E-state index contributed by atoms with van der Waals surface area (Å²) in [6.45, 7) is 1.38. The third-order valence-corrected chi connectivity index (χ3v) is 7.52. The predicted molar refractivity (Wildman–Crippen MR) is 123 cm³/mol. The van der Waals surface area contributed by atoms with Gasteiger partial charge in [-0.15, -0.1) is 0 Å². The van der Waals surface area contributed by atoms with Crippen molar-refractivity contribution in [3.63, 3.8) is 0 Å². The molecule has 1 fully saturated rings. The molecule has 1 saturated heterocycles. The van der Waals surface area contributed by atoms with Crippen LogP contribution in [0.1, 0.15) is 26.3 Å². The lowest BCUT2D eigenvalue weighted by molar-refractivity contribution is 0.0637. The minimum atomic E-state index is -2.99. The van der Waals surface area contributed by atoms with Gasteiger partial charge in [0.2, 0.25) is 5.88 Å². The summed E-state index contributed by atoms with van der Waals surface area (Å²) < 4.78 is 28.4. The summed E-state index contributed by atoms with van der Waals surface area (Å²) in [5.74, 6) is -0.369. The predicted octanol–water partition coefficient (Wildman–Crippen LogP) is 1.11. The van der Waals surface area contributed by atoms with Crippen molar-refractivity contribution in [1.29, 1.82) is 0 Å². The molecule has 0 atom stereocenters. The monoisotopic (exact) mass is 491 g/mol. The molecule has 10 nitrogen and oxygen atoms in total. The molecule has 33 heavy (non-hydrogen) atoms. The molecule has 174 valence electrons. The highest BCUT2D eigenvalue weighted by atomic mass is 35.5. The number of nitrogens with two attached hydrogens (primary N) is 1. The number of carbonyl (C=O) groups excluding carboxylic acids is 2. The van der Waals surface area contributed by atoms with Crippen molar-refractivity contribution < 1.29 is 22.7 Å². The maximum atomic E-state index is 12.9. The maximum absolute atomic E-state index is 12.9. The lowest BCUT2D eigenvalue weighted by Gasteiger charge is -2.27. The first-order chi connectivity index (χ1) is 15.7. The van der Waals surface area contributed by atoms with Crippen molar-refractivity contribution in [2.24, 2.45) is 10.7 Å². The summed E-state index contributed by atoms with van der Waals surface area (Å²) in [4.78, 5) is 37.2. The van der Waals surface area contributed by atoms with E-state index in [9.17, 15) is 18.0 Å². The first-order valence-electron chi connectivity index (χ1n) is 10.2. The van der Waals surface area contributed by atoms with Crippen LogP contribution in [0.5, 0.6) is 5.88 Å². The van der Waals surface area contributed by atoms with Crippen LogP contribution in [-0.4, -0.2) is 85.6 Å². The van der Waals surface area contributed by atoms with Crippen LogP contribution >= 0.6 is 11.6 Å². The second-order valence-electron chi connectivity index (χ2n) is 7.66. The first-order valence-corrected chi connectivity index (χ1v) is 12.4. The second-order valence-corrected chi connectivity index (χ2v) is 10.4. The van der Waals surface area contributed by atoms with Crippen LogP contribution in [-0.2, 0) is 9.84 Å². The van der Waals surface area contributed by atoms with E-state index in [1.807, 2.05) is 4.90 Å². The molecule has 0 spiro atoms. The first kappa shape index (κ1) is 23.1. The third-order valence-electron chi connectivity index (χ3n) is 5.60. The van der Waals surface area contributed by atoms with E-state index in [2.05, 4.69) is 9.98 Å². The van der Waals surface area contributed by atoms with Gasteiger partial charge in [0.25, 0.3) is 11.8 Å². The smallest absolute Gasteiger partial charge is 0.261 e. The minimum Gasteiger partial charge on any atom is -0.480 e. The molecule has 2 N–H and O–H groups in total. The van der Waals surface area contributed by atoms with E-state index in [1.165, 1.54) is 30.3 Å². The Labute approximate surface area is 195 Å². The molecule has 1 aromatic heterocycles. The van der Waals surface area contributed by atoms with E-state index in [0.29, 0.717) is 35.9 Å². The van der Waals surface area contributed by atoms with Crippen molar-refractivity contribution in [3.05, 3.63) is 52.2 Å². The molecular weight excluding hydrogens is 470 g/mol. The van der Waals surface area contributed by atoms with Gasteiger partial charge in [-0.05, 0) is 24.3 Å². The number of methoxy groups -OCH3 is 1. The van der Waals surface area contributed by atoms with Gasteiger partial charge in [-0.2, -0.15) is 0 Å². The van der Waals surface area contributed by atoms with Crippen LogP contribution < -0.4 is 10.5 Å². The Morgan fingerprint density at radius 3 is 2.55 bits per heavy atom. The highest BCUT2D eigenvalue weighted by Crippen LogP contribution is 2.29. The Hall–Kier alpha value is -3.02. The topological polar surface area (TPSA) is 135 Å². The fourth-order valence-corrected chi connectivity index (χ4v) is 5.28. The molecule has 1 aromatic carbocycles. The van der Waals surface area contributed by atoms with Crippen molar-refractivity contribution in [2.75, 3.05) is 44.8 Å². The molecule has 2 aliphatic heterocycles. The average molecular weight is 492 g/mol. The summed E-state index contributed by atoms with van der Waals surface area (Å²) in [7, 11) is -1.56. The fraction of sp³-hybridized carbons (Fsp3) is 0.333. The van der Waals surface area contributed by atoms with Crippen LogP contribution in [0.4, 0.5) is 5.69 Å². The zero-order valence-electron chi connectivity index (χ0n) is 17.8. The van der Waals surface area contributed by atoms with E-state index in [-0.39, 0.29) is 46.8 Å². The van der Waals surface area contributed by atoms with E-state index >= 15 is 0 Å². The number of hydrogen-bond donors (Lipinski definition) is 1. The number of amidine groups is 1. The quantitative estimate of drug-likeness (QED) is 0.360. The molecule has 4 rings (SSSR count). The van der Waals surface area contributed by atoms with Crippen molar-refractivity contribution in [3.8, 4) is 5.88 Å². The Morgan fingerprint density at radius 2 is 1.85 bits per heavy atom. The number of nitrogens with zero attached hydrogens (tertiary/aromatic N) is 4. The van der Waals surface area contributed by atoms with Gasteiger partial charge in [-0.1, -0.05) is 11.6 Å². The van der Waals surface area contributed by atoms with Gasteiger partial charge in [-0.25, -0.2) is 18.4 Å². The van der Waals surface area contributed by atoms with Crippen LogP contribution in [0.3, 0.4) is 0 Å². The number of carbonyl (C=O) groups is 2. The Balaban J connectivity index is 1.51. The Bertz CT molecular complexity index is 1250. The molecule has 0 unspecified atom stereocenters. The van der Waals surface area contributed by atoms with Crippen molar-refractivity contribution >= 4 is 44.8 Å². The second kappa shape index (κ2) is 9.08. The molecule has 0 aliphatic carbocycles. The molecule has 2 amide bonds. The Kier molecular flexibility index (Phi) is 6.37. The number of amides is 2. The summed E-state index contributed by atoms with van der Waals surface area (Å²) >= 11 is 6.22. The highest BCUT2D eigenvalue weighted by Gasteiger charge is 2.36. The molecular formula is C21H22ClN5O5S. The Morgan fingerprint density at radius 1 is 1.15 bits per heavy atom. The van der Waals surface area contributed by atoms with Gasteiger partial charge in [-0.3, -0.25) is 19.4 Å². The molecule has 0 radical (unpaired) electrons. The zero-order valence-corrected chi connectivity index (χ0v) is 19.4.